The second kappa shape index (κ2) is 17.1. The van der Waals surface area contributed by atoms with Gasteiger partial charge in [-0.1, -0.05) is 50.1 Å². The largest absolute Gasteiger partial charge is 0.469 e. The Labute approximate surface area is 319 Å². The number of nitrogens with one attached hydrogen (secondary N) is 1. The van der Waals surface area contributed by atoms with Crippen LogP contribution in [0, 0.1) is 0 Å². The molecule has 266 valence electrons. The van der Waals surface area contributed by atoms with Crippen LogP contribution >= 0.6 is 54.5 Å². The fourth-order valence-electron chi connectivity index (χ4n) is 5.40. The topological polar surface area (TPSA) is 142 Å². The summed E-state index contributed by atoms with van der Waals surface area (Å²) in [6.45, 7) is 5.29. The van der Waals surface area contributed by atoms with Crippen molar-refractivity contribution in [2.75, 3.05) is 7.11 Å². The second-order valence-corrected chi connectivity index (χ2v) is 18.1. The van der Waals surface area contributed by atoms with E-state index in [1.54, 1.807) is 24.3 Å². The van der Waals surface area contributed by atoms with Crippen LogP contribution in [0.2, 0.25) is 0 Å². The molecule has 0 saturated carbocycles. The van der Waals surface area contributed by atoms with Gasteiger partial charge in [-0.05, 0) is 107 Å². The predicted octanol–water partition coefficient (Wildman–Crippen LogP) is 7.45. The van der Waals surface area contributed by atoms with Gasteiger partial charge < -0.3 is 15.2 Å². The number of thiophene rings is 2. The number of ketones is 2. The maximum Gasteiger partial charge on any atom is 0.313 e. The number of Topliss-reactive ketones (excluding diaryl/α,β-unsaturated/α-hetero) is 2. The Hall–Kier alpha value is -2.85. The normalized spacial score (nSPS) is 14.6. The fourth-order valence-corrected chi connectivity index (χ4v) is 8.47. The molecule has 50 heavy (non-hydrogen) atoms. The molecule has 0 aliphatic rings. The molecule has 0 radical (unpaired) electrons. The molecule has 2 aromatic heterocycles. The van der Waals surface area contributed by atoms with Gasteiger partial charge in [-0.3, -0.25) is 19.2 Å². The van der Waals surface area contributed by atoms with Crippen LogP contribution in [-0.4, -0.2) is 39.6 Å². The summed E-state index contributed by atoms with van der Waals surface area (Å²) < 4.78 is 28.1. The van der Waals surface area contributed by atoms with Gasteiger partial charge in [-0.2, -0.15) is 22.7 Å². The zero-order chi connectivity index (χ0) is 36.7. The third-order valence-electron chi connectivity index (χ3n) is 8.00. The molecule has 4 aromatic rings. The van der Waals surface area contributed by atoms with Gasteiger partial charge >= 0.3 is 11.9 Å². The highest BCUT2D eigenvalue weighted by atomic mass is 79.9. The Morgan fingerprint density at radius 3 is 1.96 bits per heavy atom. The molecule has 0 bridgehead atoms. The number of halogens is 2. The van der Waals surface area contributed by atoms with Gasteiger partial charge in [-0.15, -0.1) is 0 Å². The summed E-state index contributed by atoms with van der Waals surface area (Å²) in [4.78, 5) is 51.9. The highest BCUT2D eigenvalue weighted by molar-refractivity contribution is 9.10. The fraction of sp³-hybridized carbons (Fsp3) is 0.333. The number of hydrogen-bond acceptors (Lipinski definition) is 10. The van der Waals surface area contributed by atoms with E-state index < -0.39 is 63.2 Å². The number of benzene rings is 2. The van der Waals surface area contributed by atoms with Gasteiger partial charge in [0.1, 0.15) is 31.0 Å². The zero-order valence-electron chi connectivity index (χ0n) is 28.0. The third kappa shape index (κ3) is 9.93. The first-order valence-corrected chi connectivity index (χ1v) is 20.0. The molecule has 0 saturated heterocycles. The molecule has 3 atom stereocenters. The molecule has 0 spiro atoms. The van der Waals surface area contributed by atoms with Crippen LogP contribution in [0.15, 0.2) is 85.1 Å². The second-order valence-electron chi connectivity index (χ2n) is 12.7. The number of ether oxygens (including phenoxy) is 2. The molecule has 3 unspecified atom stereocenters. The minimum atomic E-state index is -1.58. The molecule has 3 N–H and O–H groups in total. The van der Waals surface area contributed by atoms with Crippen LogP contribution in [0.4, 0.5) is 0 Å². The van der Waals surface area contributed by atoms with Crippen LogP contribution in [0.3, 0.4) is 0 Å². The molecule has 2 aromatic carbocycles. The minimum Gasteiger partial charge on any atom is -0.469 e. The van der Waals surface area contributed by atoms with Crippen LogP contribution < -0.4 is 10.5 Å². The van der Waals surface area contributed by atoms with Gasteiger partial charge in [0.05, 0.1) is 33.9 Å². The average Bonchev–Trinajstić information content (AvgIpc) is 3.79. The Bertz CT molecular complexity index is 1840. The summed E-state index contributed by atoms with van der Waals surface area (Å²) in [6.07, 6.45) is -1.35. The molecule has 14 heteroatoms. The third-order valence-corrected chi connectivity index (χ3v) is 12.0. The molecule has 0 aliphatic carbocycles. The number of carbonyl (C=O) groups excluding carboxylic acids is 4. The lowest BCUT2D eigenvalue weighted by atomic mass is 9.78. The molecule has 9 nitrogen and oxygen atoms in total. The summed E-state index contributed by atoms with van der Waals surface area (Å²) >= 11 is 9.79. The summed E-state index contributed by atoms with van der Waals surface area (Å²) in [6, 6.07) is 16.4. The Morgan fingerprint density at radius 1 is 0.800 bits per heavy atom. The Morgan fingerprint density at radius 2 is 1.38 bits per heavy atom. The highest BCUT2D eigenvalue weighted by Gasteiger charge is 2.41. The van der Waals surface area contributed by atoms with Crippen molar-refractivity contribution in [2.45, 2.75) is 68.9 Å². The maximum absolute atomic E-state index is 13.8. The van der Waals surface area contributed by atoms with E-state index in [1.807, 2.05) is 72.6 Å². The van der Waals surface area contributed by atoms with Crippen molar-refractivity contribution in [1.29, 1.82) is 0 Å². The van der Waals surface area contributed by atoms with Gasteiger partial charge in [-0.25, -0.2) is 8.93 Å². The van der Waals surface area contributed by atoms with Crippen molar-refractivity contribution in [1.82, 2.24) is 4.72 Å². The summed E-state index contributed by atoms with van der Waals surface area (Å²) in [5, 5.41) is 7.45. The molecule has 0 fully saturated rings. The SMILES string of the molecule is COC(=O)CC(=O)CC(N)(c1ccsc1)c1ccc(Br)cc1COC(=O)CC(=O)CC(NS(=O)C(C)(C)C)(c1ccc(Br)cc1)c1ccsc1. The number of hydrogen-bond donors (Lipinski definition) is 2. The highest BCUT2D eigenvalue weighted by Crippen LogP contribution is 2.38. The van der Waals surface area contributed by atoms with E-state index in [0.29, 0.717) is 26.7 Å². The van der Waals surface area contributed by atoms with Crippen LogP contribution in [0.25, 0.3) is 0 Å². The van der Waals surface area contributed by atoms with E-state index in [0.717, 1.165) is 10.0 Å². The van der Waals surface area contributed by atoms with Crippen molar-refractivity contribution in [3.05, 3.63) is 113 Å². The molecule has 4 rings (SSSR count). The van der Waals surface area contributed by atoms with Crippen LogP contribution in [0.1, 0.15) is 74.3 Å². The van der Waals surface area contributed by atoms with Crippen molar-refractivity contribution in [2.24, 2.45) is 5.73 Å². The monoisotopic (exact) mass is 864 g/mol. The summed E-state index contributed by atoms with van der Waals surface area (Å²) in [5.74, 6) is -2.26. The van der Waals surface area contributed by atoms with Crippen molar-refractivity contribution < 1.29 is 32.9 Å². The zero-order valence-corrected chi connectivity index (χ0v) is 33.6. The van der Waals surface area contributed by atoms with E-state index in [1.165, 1.54) is 29.8 Å². The first kappa shape index (κ1) is 39.9. The van der Waals surface area contributed by atoms with E-state index in [2.05, 4.69) is 41.3 Å². The van der Waals surface area contributed by atoms with E-state index >= 15 is 0 Å². The lowest BCUT2D eigenvalue weighted by Crippen LogP contribution is -2.50. The molecule has 0 amide bonds. The molecule has 2 heterocycles. The quantitative estimate of drug-likeness (QED) is 0.0875. The molecular weight excluding hydrogens is 828 g/mol. The van der Waals surface area contributed by atoms with Gasteiger partial charge in [0.25, 0.3) is 0 Å². The van der Waals surface area contributed by atoms with Crippen LogP contribution in [-0.2, 0) is 57.3 Å². The summed E-state index contributed by atoms with van der Waals surface area (Å²) in [5.41, 5.74) is 7.61. The lowest BCUT2D eigenvalue weighted by Gasteiger charge is -2.36. The maximum atomic E-state index is 13.8. The number of rotatable bonds is 16. The molecule has 0 aliphatic heterocycles. The van der Waals surface area contributed by atoms with Crippen molar-refractivity contribution in [3.8, 4) is 0 Å². The Balaban J connectivity index is 1.59. The Kier molecular flexibility index (Phi) is 13.7. The number of carbonyl (C=O) groups is 4. The van der Waals surface area contributed by atoms with E-state index in [-0.39, 0.29) is 19.4 Å². The van der Waals surface area contributed by atoms with E-state index in [9.17, 15) is 23.4 Å². The van der Waals surface area contributed by atoms with Crippen molar-refractivity contribution >= 4 is 89.0 Å². The van der Waals surface area contributed by atoms with Gasteiger partial charge in [0, 0.05) is 21.8 Å². The van der Waals surface area contributed by atoms with Gasteiger partial charge in [0.2, 0.25) is 0 Å². The average molecular weight is 867 g/mol. The molecular formula is C36H38Br2N2O7S3. The number of esters is 2. The smallest absolute Gasteiger partial charge is 0.313 e. The minimum absolute atomic E-state index is 0.170. The van der Waals surface area contributed by atoms with E-state index in [4.69, 9.17) is 10.5 Å². The number of methoxy groups -OCH3 is 1. The summed E-state index contributed by atoms with van der Waals surface area (Å²) in [7, 11) is -0.370. The lowest BCUT2D eigenvalue weighted by molar-refractivity contribution is -0.148. The first-order valence-electron chi connectivity index (χ1n) is 15.4. The van der Waals surface area contributed by atoms with Crippen molar-refractivity contribution in [3.63, 3.8) is 0 Å². The van der Waals surface area contributed by atoms with Gasteiger partial charge in [0.15, 0.2) is 0 Å². The predicted molar refractivity (Wildman–Crippen MR) is 204 cm³/mol. The van der Waals surface area contributed by atoms with Crippen LogP contribution in [0.5, 0.6) is 0 Å². The standard InChI is InChI=1S/C36H38Br2N2O7S3/c1-34(2,3)50(45)40-36(26-12-14-49-22-26,24-5-7-27(37)8-6-24)19-30(42)17-33(44)47-20-23-15-28(38)9-10-31(23)35(39,25-11-13-48-21-25)18-29(41)16-32(43)46-4/h5-15,21-22,40H,16-20,39H2,1-4H3. The number of nitrogens with two attached hydrogens (primary N) is 1. The first-order chi connectivity index (χ1) is 23.6.